The Hall–Kier alpha value is -3.26. The third kappa shape index (κ3) is 79.8. The van der Waals surface area contributed by atoms with Crippen LogP contribution in [0.1, 0.15) is 506 Å². The van der Waals surface area contributed by atoms with Crippen LogP contribution in [0, 0.1) is 23.7 Å². The van der Waals surface area contributed by atoms with E-state index in [2.05, 4.69) is 65.2 Å². The lowest BCUT2D eigenvalue weighted by Gasteiger charge is -2.22. The highest BCUT2D eigenvalue weighted by Gasteiger charge is 2.24. The van der Waals surface area contributed by atoms with Gasteiger partial charge in [-0.15, -0.1) is 0 Å². The second-order valence-corrected chi connectivity index (χ2v) is 34.4. The van der Waals surface area contributed by atoms with Crippen molar-refractivity contribution in [3.63, 3.8) is 0 Å². The van der Waals surface area contributed by atoms with E-state index < -0.39 is 0 Å². The lowest BCUT2D eigenvalue weighted by atomic mass is 9.94. The van der Waals surface area contributed by atoms with Gasteiger partial charge < -0.3 is 38.2 Å². The number of carbonyl (C=O) groups is 6. The first-order valence-electron chi connectivity index (χ1n) is 50.2. The molecule has 14 nitrogen and oxygen atoms in total. The van der Waals surface area contributed by atoms with Crippen LogP contribution in [0.3, 0.4) is 0 Å². The van der Waals surface area contributed by atoms with Gasteiger partial charge in [-0.05, 0) is 168 Å². The van der Waals surface area contributed by atoms with Gasteiger partial charge in [0.1, 0.15) is 0 Å². The Balaban J connectivity index is 0. The summed E-state index contributed by atoms with van der Waals surface area (Å²) in [6.45, 7) is 30.5. The number of ether oxygens (including phenoxy) is 6. The van der Waals surface area contributed by atoms with Gasteiger partial charge in [0.05, 0.1) is 63.3 Å². The predicted molar refractivity (Wildman–Crippen MR) is 483 cm³/mol. The maximum atomic E-state index is 13.0. The van der Waals surface area contributed by atoms with Gasteiger partial charge >= 0.3 is 35.8 Å². The molecule has 0 aromatic carbocycles. The molecule has 0 aromatic rings. The Kier molecular flexibility index (Phi) is 91.1. The molecule has 0 N–H and O–H groups in total. The summed E-state index contributed by atoms with van der Waals surface area (Å²) in [5.41, 5.74) is 0. The van der Waals surface area contributed by atoms with Gasteiger partial charge in [-0.2, -0.15) is 0 Å². The van der Waals surface area contributed by atoms with E-state index in [0.717, 1.165) is 264 Å². The number of esters is 6. The Labute approximate surface area is 707 Å². The third-order valence-corrected chi connectivity index (χ3v) is 23.4. The lowest BCUT2D eigenvalue weighted by molar-refractivity contribution is -0.150. The van der Waals surface area contributed by atoms with Crippen molar-refractivity contribution >= 4 is 35.8 Å². The van der Waals surface area contributed by atoms with E-state index in [4.69, 9.17) is 28.4 Å². The first kappa shape index (κ1) is 113. The fourth-order valence-corrected chi connectivity index (χ4v) is 15.8. The summed E-state index contributed by atoms with van der Waals surface area (Å²) in [6, 6.07) is 0. The molecule has 676 valence electrons. The SMILES string of the molecule is CCCCCCCCC(CCCCCC)C(=O)OCCCCCCN(CCCCCCOC(=O)C(CCCCCC)CCCCCCCC)CCCC(=O)OCC.CCCCCCCCC(CCCCCC)C(=O)OCCCCCCN(CCCCCCOC(=O)C(CCCCCC)CCCCCCCC)CCCCOC(C)=O. The van der Waals surface area contributed by atoms with Crippen molar-refractivity contribution in [1.29, 1.82) is 0 Å². The molecular formula is C100H194N2O12. The summed E-state index contributed by atoms with van der Waals surface area (Å²) in [6.07, 6.45) is 77.7. The fourth-order valence-electron chi connectivity index (χ4n) is 15.8. The minimum Gasteiger partial charge on any atom is -0.466 e. The standard InChI is InChI=1S/2C50H97NO6/c1-6-10-14-18-20-28-38-47(36-26-16-12-8-3)49(53)56-44-33-24-22-30-40-51(42-32-35-43-55-46(5)52)41-31-23-25-34-45-57-50(54)48(37-27-17-13-9-4)39-29-21-19-15-11-7-2;1-6-11-15-19-21-29-38-46(36-27-17-13-8-3)49(53)56-44-33-25-23-31-41-51(43-35-40-48(52)55-10-5)42-32-24-26-34-45-57-50(54)47(37-28-18-14-9-4)39-30-22-20-16-12-7-2/h47-48H,6-45H2,1-5H3;46-47H,6-45H2,1-5H3. The molecule has 4 unspecified atom stereocenters. The van der Waals surface area contributed by atoms with Crippen LogP contribution in [-0.2, 0) is 57.2 Å². The first-order chi connectivity index (χ1) is 55.8. The summed E-state index contributed by atoms with van der Waals surface area (Å²) in [5.74, 6) is 0.159. The van der Waals surface area contributed by atoms with Crippen molar-refractivity contribution in [2.24, 2.45) is 23.7 Å². The van der Waals surface area contributed by atoms with Crippen molar-refractivity contribution in [2.45, 2.75) is 506 Å². The summed E-state index contributed by atoms with van der Waals surface area (Å²) >= 11 is 0. The molecule has 0 aliphatic carbocycles. The quantitative estimate of drug-likeness (QED) is 0.0321. The zero-order valence-electron chi connectivity index (χ0n) is 77.7. The van der Waals surface area contributed by atoms with E-state index in [-0.39, 0.29) is 59.5 Å². The number of hydrogen-bond acceptors (Lipinski definition) is 14. The van der Waals surface area contributed by atoms with E-state index >= 15 is 0 Å². The smallest absolute Gasteiger partial charge is 0.308 e. The van der Waals surface area contributed by atoms with E-state index in [0.29, 0.717) is 46.1 Å². The minimum atomic E-state index is -0.205. The van der Waals surface area contributed by atoms with Crippen molar-refractivity contribution < 1.29 is 57.2 Å². The molecule has 0 bridgehead atoms. The summed E-state index contributed by atoms with van der Waals surface area (Å²) in [4.78, 5) is 80.3. The molecule has 4 atom stereocenters. The fraction of sp³-hybridized carbons (Fsp3) is 0.940. The van der Waals surface area contributed by atoms with Crippen molar-refractivity contribution in [2.75, 3.05) is 78.9 Å². The molecule has 0 aromatic heterocycles. The number of carbonyl (C=O) groups excluding carboxylic acids is 6. The van der Waals surface area contributed by atoms with Crippen LogP contribution in [0.15, 0.2) is 0 Å². The largest absolute Gasteiger partial charge is 0.466 e. The molecule has 0 aliphatic rings. The Morgan fingerprint density at radius 2 is 0.377 bits per heavy atom. The normalized spacial score (nSPS) is 12.5. The number of rotatable bonds is 90. The van der Waals surface area contributed by atoms with Gasteiger partial charge in [0.15, 0.2) is 0 Å². The van der Waals surface area contributed by atoms with Crippen LogP contribution in [0.5, 0.6) is 0 Å². The summed E-state index contributed by atoms with van der Waals surface area (Å²) < 4.78 is 33.7. The van der Waals surface area contributed by atoms with E-state index in [1.165, 1.54) is 212 Å². The second-order valence-electron chi connectivity index (χ2n) is 34.4. The van der Waals surface area contributed by atoms with Gasteiger partial charge in [-0.1, -0.05) is 364 Å². The number of hydrogen-bond donors (Lipinski definition) is 0. The molecule has 0 amide bonds. The van der Waals surface area contributed by atoms with Crippen molar-refractivity contribution in [3.8, 4) is 0 Å². The molecule has 0 heterocycles. The summed E-state index contributed by atoms with van der Waals surface area (Å²) in [5, 5.41) is 0. The average Bonchev–Trinajstić information content (AvgIpc) is 0.954. The highest BCUT2D eigenvalue weighted by atomic mass is 16.6. The van der Waals surface area contributed by atoms with Gasteiger partial charge in [0, 0.05) is 13.3 Å². The molecule has 0 saturated heterocycles. The van der Waals surface area contributed by atoms with Crippen molar-refractivity contribution in [3.05, 3.63) is 0 Å². The highest BCUT2D eigenvalue weighted by Crippen LogP contribution is 2.26. The molecule has 0 rings (SSSR count). The average molecular weight is 1620 g/mol. The molecule has 14 heteroatoms. The zero-order valence-corrected chi connectivity index (χ0v) is 77.7. The number of nitrogens with zero attached hydrogens (tertiary/aromatic N) is 2. The van der Waals surface area contributed by atoms with Gasteiger partial charge in [-0.25, -0.2) is 0 Å². The van der Waals surface area contributed by atoms with Gasteiger partial charge in [0.2, 0.25) is 0 Å². The Bertz CT molecular complexity index is 1930. The second kappa shape index (κ2) is 92.0. The van der Waals surface area contributed by atoms with Crippen LogP contribution < -0.4 is 0 Å². The first-order valence-corrected chi connectivity index (χ1v) is 50.2. The highest BCUT2D eigenvalue weighted by molar-refractivity contribution is 5.73. The van der Waals surface area contributed by atoms with Crippen LogP contribution in [0.2, 0.25) is 0 Å². The monoisotopic (exact) mass is 1620 g/mol. The van der Waals surface area contributed by atoms with Crippen LogP contribution >= 0.6 is 0 Å². The van der Waals surface area contributed by atoms with E-state index in [1.54, 1.807) is 0 Å². The lowest BCUT2D eigenvalue weighted by Crippen LogP contribution is -2.28. The number of unbranched alkanes of at least 4 members (excludes halogenated alkanes) is 45. The molecule has 0 radical (unpaired) electrons. The molecule has 0 saturated carbocycles. The minimum absolute atomic E-state index is 0.0384. The topological polar surface area (TPSA) is 164 Å². The van der Waals surface area contributed by atoms with Crippen LogP contribution in [0.4, 0.5) is 0 Å². The Morgan fingerprint density at radius 1 is 0.202 bits per heavy atom. The Morgan fingerprint density at radius 3 is 0.605 bits per heavy atom. The molecular weight excluding hydrogens is 1420 g/mol. The molecule has 114 heavy (non-hydrogen) atoms. The third-order valence-electron chi connectivity index (χ3n) is 23.4. The molecule has 0 fully saturated rings. The van der Waals surface area contributed by atoms with Crippen molar-refractivity contribution in [1.82, 2.24) is 9.80 Å². The molecule has 0 aliphatic heterocycles. The summed E-state index contributed by atoms with van der Waals surface area (Å²) in [7, 11) is 0. The maximum absolute atomic E-state index is 13.0. The molecule has 0 spiro atoms. The zero-order chi connectivity index (χ0) is 83.7. The van der Waals surface area contributed by atoms with E-state index in [9.17, 15) is 28.8 Å². The van der Waals surface area contributed by atoms with Gasteiger partial charge in [0.25, 0.3) is 0 Å². The van der Waals surface area contributed by atoms with Gasteiger partial charge in [-0.3, -0.25) is 28.8 Å². The van der Waals surface area contributed by atoms with E-state index in [1.807, 2.05) is 6.92 Å². The van der Waals surface area contributed by atoms with Crippen LogP contribution in [0.25, 0.3) is 0 Å². The maximum Gasteiger partial charge on any atom is 0.308 e. The predicted octanol–water partition coefficient (Wildman–Crippen LogP) is 29.0. The van der Waals surface area contributed by atoms with Crippen LogP contribution in [-0.4, -0.2) is 125 Å².